The summed E-state index contributed by atoms with van der Waals surface area (Å²) in [6.45, 7) is 1.47. The maximum Gasteiger partial charge on any atom is 0.270 e. The van der Waals surface area contributed by atoms with E-state index in [1.54, 1.807) is 7.11 Å². The van der Waals surface area contributed by atoms with Crippen molar-refractivity contribution in [3.05, 3.63) is 30.0 Å². The number of likely N-dealkylation sites (tertiary alicyclic amines) is 1. The third-order valence-electron chi connectivity index (χ3n) is 4.97. The van der Waals surface area contributed by atoms with Gasteiger partial charge in [-0.3, -0.25) is 4.79 Å². The highest BCUT2D eigenvalue weighted by Gasteiger charge is 2.33. The average molecular weight is 331 g/mol. The maximum atomic E-state index is 12.9. The van der Waals surface area contributed by atoms with E-state index in [-0.39, 0.29) is 24.5 Å². The van der Waals surface area contributed by atoms with E-state index in [9.17, 15) is 9.90 Å². The zero-order chi connectivity index (χ0) is 17.3. The van der Waals surface area contributed by atoms with Crippen LogP contribution in [0.1, 0.15) is 16.9 Å². The van der Waals surface area contributed by atoms with Gasteiger partial charge in [0, 0.05) is 48.6 Å². The van der Waals surface area contributed by atoms with E-state index in [1.165, 1.54) is 0 Å². The van der Waals surface area contributed by atoms with Crippen molar-refractivity contribution < 1.29 is 14.6 Å². The maximum absolute atomic E-state index is 12.9. The molecule has 3 rings (SSSR count). The first-order valence-electron chi connectivity index (χ1n) is 8.26. The number of likely N-dealkylation sites (N-methyl/N-ethyl adjacent to an activating group) is 1. The fraction of sp³-hybridized carbons (Fsp3) is 0.500. The number of hydrogen-bond donors (Lipinski definition) is 2. The van der Waals surface area contributed by atoms with Crippen LogP contribution in [0.15, 0.2) is 24.3 Å². The van der Waals surface area contributed by atoms with Gasteiger partial charge in [-0.2, -0.15) is 0 Å². The number of nitrogens with zero attached hydrogens (tertiary/aromatic N) is 2. The summed E-state index contributed by atoms with van der Waals surface area (Å²) in [5.41, 5.74) is 1.49. The monoisotopic (exact) mass is 331 g/mol. The molecule has 0 radical (unpaired) electrons. The van der Waals surface area contributed by atoms with Crippen LogP contribution in [0.5, 0.6) is 5.75 Å². The van der Waals surface area contributed by atoms with E-state index in [0.29, 0.717) is 18.8 Å². The van der Waals surface area contributed by atoms with Crippen LogP contribution in [0.3, 0.4) is 0 Å². The van der Waals surface area contributed by atoms with E-state index in [2.05, 4.69) is 9.88 Å². The number of piperidine rings is 1. The molecule has 1 aliphatic rings. The summed E-state index contributed by atoms with van der Waals surface area (Å²) in [7, 11) is 5.62. The molecule has 1 aliphatic heterocycles. The second-order valence-electron chi connectivity index (χ2n) is 6.65. The van der Waals surface area contributed by atoms with Gasteiger partial charge in [0.05, 0.1) is 7.11 Å². The molecule has 6 nitrogen and oxygen atoms in total. The highest BCUT2D eigenvalue weighted by atomic mass is 16.5. The highest BCUT2D eigenvalue weighted by Crippen LogP contribution is 2.25. The van der Waals surface area contributed by atoms with Gasteiger partial charge in [-0.25, -0.2) is 0 Å². The van der Waals surface area contributed by atoms with E-state index in [1.807, 2.05) is 43.3 Å². The van der Waals surface area contributed by atoms with Crippen LogP contribution in [0.2, 0.25) is 0 Å². The average Bonchev–Trinajstić information content (AvgIpc) is 3.03. The number of benzene rings is 1. The van der Waals surface area contributed by atoms with Gasteiger partial charge in [-0.05, 0) is 38.7 Å². The largest absolute Gasteiger partial charge is 0.497 e. The number of ether oxygens (including phenoxy) is 1. The Morgan fingerprint density at radius 2 is 2.21 bits per heavy atom. The topological polar surface area (TPSA) is 68.8 Å². The molecule has 2 aromatic rings. The minimum atomic E-state index is 0.00778. The number of amides is 1. The Hall–Kier alpha value is -2.05. The number of carbonyl (C=O) groups excluding carboxylic acids is 1. The van der Waals surface area contributed by atoms with Gasteiger partial charge in [-0.15, -0.1) is 0 Å². The zero-order valence-electron chi connectivity index (χ0n) is 14.5. The molecule has 1 saturated heterocycles. The van der Waals surface area contributed by atoms with Gasteiger partial charge in [0.1, 0.15) is 11.4 Å². The molecule has 0 unspecified atom stereocenters. The number of rotatable bonds is 4. The van der Waals surface area contributed by atoms with Crippen LogP contribution in [0.25, 0.3) is 10.9 Å². The first-order valence-corrected chi connectivity index (χ1v) is 8.26. The molecule has 2 N–H and O–H groups in total. The lowest BCUT2D eigenvalue weighted by molar-refractivity contribution is 0.0376. The molecule has 130 valence electrons. The zero-order valence-corrected chi connectivity index (χ0v) is 14.5. The molecule has 1 aromatic carbocycles. The van der Waals surface area contributed by atoms with E-state index >= 15 is 0 Å². The molecule has 2 heterocycles. The summed E-state index contributed by atoms with van der Waals surface area (Å²) in [6, 6.07) is 7.80. The number of aromatic nitrogens is 1. The third-order valence-corrected chi connectivity index (χ3v) is 4.97. The highest BCUT2D eigenvalue weighted by molar-refractivity contribution is 5.98. The van der Waals surface area contributed by atoms with Crippen molar-refractivity contribution >= 4 is 16.8 Å². The van der Waals surface area contributed by atoms with E-state index in [0.717, 1.165) is 23.1 Å². The van der Waals surface area contributed by atoms with Gasteiger partial charge in [-0.1, -0.05) is 0 Å². The number of H-pyrrole nitrogens is 1. The SMILES string of the molecule is COc1ccc2cc(C(=O)N3CC[C@H](CO)[C@H](N(C)C)C3)[nH]c2c1. The fourth-order valence-corrected chi connectivity index (χ4v) is 3.48. The quantitative estimate of drug-likeness (QED) is 0.892. The summed E-state index contributed by atoms with van der Waals surface area (Å²) < 4.78 is 5.23. The number of aromatic amines is 1. The summed E-state index contributed by atoms with van der Waals surface area (Å²) in [5, 5.41) is 10.5. The molecule has 6 heteroatoms. The molecule has 0 spiro atoms. The van der Waals surface area contributed by atoms with Crippen LogP contribution in [0, 0.1) is 5.92 Å². The molecule has 0 aliphatic carbocycles. The van der Waals surface area contributed by atoms with Crippen molar-refractivity contribution in [2.24, 2.45) is 5.92 Å². The second kappa shape index (κ2) is 6.83. The van der Waals surface area contributed by atoms with E-state index < -0.39 is 0 Å². The normalized spacial score (nSPS) is 21.5. The molecule has 1 fully saturated rings. The van der Waals surface area contributed by atoms with Gasteiger partial charge in [0.25, 0.3) is 5.91 Å². The summed E-state index contributed by atoms with van der Waals surface area (Å²) in [5.74, 6) is 0.990. The number of carbonyl (C=O) groups is 1. The number of aliphatic hydroxyl groups is 1. The minimum Gasteiger partial charge on any atom is -0.497 e. The van der Waals surface area contributed by atoms with Crippen LogP contribution in [0.4, 0.5) is 0 Å². The molecule has 1 aromatic heterocycles. The lowest BCUT2D eigenvalue weighted by atomic mass is 9.91. The molecular formula is C18H25N3O3. The number of hydrogen-bond acceptors (Lipinski definition) is 4. The number of nitrogens with one attached hydrogen (secondary N) is 1. The summed E-state index contributed by atoms with van der Waals surface area (Å²) in [6.07, 6.45) is 0.819. The first-order chi connectivity index (χ1) is 11.5. The molecule has 24 heavy (non-hydrogen) atoms. The predicted molar refractivity (Wildman–Crippen MR) is 93.4 cm³/mol. The number of fused-ring (bicyclic) bond motifs is 1. The van der Waals surface area contributed by atoms with Crippen LogP contribution in [-0.2, 0) is 0 Å². The van der Waals surface area contributed by atoms with Crippen molar-refractivity contribution in [1.29, 1.82) is 0 Å². The molecule has 0 bridgehead atoms. The van der Waals surface area contributed by atoms with Crippen molar-refractivity contribution in [2.45, 2.75) is 12.5 Å². The smallest absolute Gasteiger partial charge is 0.270 e. The van der Waals surface area contributed by atoms with E-state index in [4.69, 9.17) is 4.74 Å². The number of aliphatic hydroxyl groups excluding tert-OH is 1. The summed E-state index contributed by atoms with van der Waals surface area (Å²) >= 11 is 0. The van der Waals surface area contributed by atoms with Crippen LogP contribution in [-0.4, -0.2) is 72.7 Å². The van der Waals surface area contributed by atoms with Crippen molar-refractivity contribution in [3.8, 4) is 5.75 Å². The minimum absolute atomic E-state index is 0.00778. The molecule has 1 amide bonds. The summed E-state index contributed by atoms with van der Waals surface area (Å²) in [4.78, 5) is 20.0. The Bertz CT molecular complexity index is 725. The Morgan fingerprint density at radius 1 is 1.42 bits per heavy atom. The fourth-order valence-electron chi connectivity index (χ4n) is 3.48. The van der Waals surface area contributed by atoms with Gasteiger partial charge in [0.2, 0.25) is 0 Å². The lowest BCUT2D eigenvalue weighted by Crippen LogP contribution is -2.53. The van der Waals surface area contributed by atoms with Crippen molar-refractivity contribution in [1.82, 2.24) is 14.8 Å². The lowest BCUT2D eigenvalue weighted by Gasteiger charge is -2.41. The third kappa shape index (κ3) is 3.12. The Balaban J connectivity index is 1.81. The van der Waals surface area contributed by atoms with Gasteiger partial charge in [0.15, 0.2) is 0 Å². The molecule has 0 saturated carbocycles. The van der Waals surface area contributed by atoms with Crippen molar-refractivity contribution in [2.75, 3.05) is 40.9 Å². The second-order valence-corrected chi connectivity index (χ2v) is 6.65. The Labute approximate surface area is 142 Å². The van der Waals surface area contributed by atoms with Gasteiger partial charge < -0.3 is 24.6 Å². The Kier molecular flexibility index (Phi) is 4.78. The predicted octanol–water partition coefficient (Wildman–Crippen LogP) is 1.56. The first kappa shape index (κ1) is 16.8. The Morgan fingerprint density at radius 3 is 2.88 bits per heavy atom. The van der Waals surface area contributed by atoms with Crippen molar-refractivity contribution in [3.63, 3.8) is 0 Å². The standard InChI is InChI=1S/C18H25N3O3/c1-20(2)17-10-21(7-6-13(17)11-22)18(23)16-8-12-4-5-14(24-3)9-15(12)19-16/h4-5,8-9,13,17,19,22H,6-7,10-11H2,1-3H3/t13-,17-/m1/s1. The molecule has 2 atom stereocenters. The number of methoxy groups -OCH3 is 1. The van der Waals surface area contributed by atoms with Crippen LogP contribution >= 0.6 is 0 Å². The van der Waals surface area contributed by atoms with Gasteiger partial charge >= 0.3 is 0 Å². The molecular weight excluding hydrogens is 306 g/mol. The van der Waals surface area contributed by atoms with Crippen LogP contribution < -0.4 is 4.74 Å².